The summed E-state index contributed by atoms with van der Waals surface area (Å²) in [6, 6.07) is 13.7. The van der Waals surface area contributed by atoms with E-state index in [1.807, 2.05) is 36.4 Å². The molecule has 28 heavy (non-hydrogen) atoms. The van der Waals surface area contributed by atoms with E-state index in [-0.39, 0.29) is 0 Å². The molecule has 0 aromatic heterocycles. The van der Waals surface area contributed by atoms with Gasteiger partial charge in [0.1, 0.15) is 29.6 Å². The van der Waals surface area contributed by atoms with Crippen molar-refractivity contribution in [2.75, 3.05) is 60.7 Å². The molecular formula is C22H30N2O4. The molecule has 6 heteroatoms. The summed E-state index contributed by atoms with van der Waals surface area (Å²) in [4.78, 5) is 4.90. The number of piperazine rings is 1. The van der Waals surface area contributed by atoms with E-state index in [4.69, 9.17) is 18.9 Å². The van der Waals surface area contributed by atoms with Gasteiger partial charge in [-0.1, -0.05) is 0 Å². The highest BCUT2D eigenvalue weighted by molar-refractivity contribution is 5.40. The van der Waals surface area contributed by atoms with Gasteiger partial charge in [-0.15, -0.1) is 0 Å². The second-order valence-electron chi connectivity index (χ2n) is 6.82. The Balaban J connectivity index is 1.42. The van der Waals surface area contributed by atoms with Gasteiger partial charge in [0.2, 0.25) is 0 Å². The van der Waals surface area contributed by atoms with E-state index in [1.165, 1.54) is 0 Å². The number of ether oxygens (including phenoxy) is 4. The molecule has 0 N–H and O–H groups in total. The van der Waals surface area contributed by atoms with Crippen LogP contribution in [0.5, 0.6) is 23.0 Å². The molecule has 3 rings (SSSR count). The van der Waals surface area contributed by atoms with Crippen molar-refractivity contribution in [3.05, 3.63) is 48.0 Å². The standard InChI is InChI=1S/C22H30N2O4/c1-25-19-4-6-20(7-5-19)28-15-14-23-10-12-24(13-11-23)17-18-16-21(26-2)8-9-22(18)27-3/h4-9,16H,10-15,17H2,1-3H3. The van der Waals surface area contributed by atoms with Crippen LogP contribution in [0.1, 0.15) is 5.56 Å². The third-order valence-corrected chi connectivity index (χ3v) is 5.08. The lowest BCUT2D eigenvalue weighted by Gasteiger charge is -2.34. The maximum atomic E-state index is 5.85. The first kappa shape index (κ1) is 20.3. The molecule has 2 aromatic rings. The number of methoxy groups -OCH3 is 3. The molecule has 1 heterocycles. The monoisotopic (exact) mass is 386 g/mol. The molecule has 2 aromatic carbocycles. The van der Waals surface area contributed by atoms with Gasteiger partial charge in [0, 0.05) is 44.8 Å². The van der Waals surface area contributed by atoms with Crippen LogP contribution in [0.2, 0.25) is 0 Å². The topological polar surface area (TPSA) is 43.4 Å². The minimum atomic E-state index is 0.691. The smallest absolute Gasteiger partial charge is 0.123 e. The van der Waals surface area contributed by atoms with Crippen LogP contribution in [0.3, 0.4) is 0 Å². The van der Waals surface area contributed by atoms with Crippen molar-refractivity contribution < 1.29 is 18.9 Å². The zero-order chi connectivity index (χ0) is 19.8. The highest BCUT2D eigenvalue weighted by Crippen LogP contribution is 2.25. The van der Waals surface area contributed by atoms with Crippen molar-refractivity contribution in [1.82, 2.24) is 9.80 Å². The van der Waals surface area contributed by atoms with Crippen LogP contribution < -0.4 is 18.9 Å². The van der Waals surface area contributed by atoms with Crippen LogP contribution in [-0.2, 0) is 6.54 Å². The van der Waals surface area contributed by atoms with Crippen molar-refractivity contribution in [2.24, 2.45) is 0 Å². The summed E-state index contributed by atoms with van der Waals surface area (Å²) in [7, 11) is 5.07. The zero-order valence-electron chi connectivity index (χ0n) is 17.0. The van der Waals surface area contributed by atoms with Crippen molar-refractivity contribution in [3.8, 4) is 23.0 Å². The quantitative estimate of drug-likeness (QED) is 0.660. The summed E-state index contributed by atoms with van der Waals surface area (Å²) < 4.78 is 21.9. The molecule has 0 unspecified atom stereocenters. The molecule has 0 atom stereocenters. The summed E-state index contributed by atoms with van der Waals surface area (Å²) in [5.41, 5.74) is 1.16. The van der Waals surface area contributed by atoms with E-state index in [2.05, 4.69) is 15.9 Å². The lowest BCUT2D eigenvalue weighted by Crippen LogP contribution is -2.47. The minimum Gasteiger partial charge on any atom is -0.497 e. The average molecular weight is 386 g/mol. The highest BCUT2D eigenvalue weighted by atomic mass is 16.5. The van der Waals surface area contributed by atoms with Crippen molar-refractivity contribution in [3.63, 3.8) is 0 Å². The Morgan fingerprint density at radius 2 is 1.32 bits per heavy atom. The van der Waals surface area contributed by atoms with Gasteiger partial charge in [-0.3, -0.25) is 9.80 Å². The fourth-order valence-electron chi connectivity index (χ4n) is 3.38. The summed E-state index contributed by atoms with van der Waals surface area (Å²) in [6.45, 7) is 6.64. The van der Waals surface area contributed by atoms with E-state index in [1.54, 1.807) is 21.3 Å². The summed E-state index contributed by atoms with van der Waals surface area (Å²) in [6.07, 6.45) is 0. The summed E-state index contributed by atoms with van der Waals surface area (Å²) in [5, 5.41) is 0. The second-order valence-corrected chi connectivity index (χ2v) is 6.82. The van der Waals surface area contributed by atoms with Gasteiger partial charge >= 0.3 is 0 Å². The molecule has 1 fully saturated rings. The van der Waals surface area contributed by atoms with Gasteiger partial charge in [-0.25, -0.2) is 0 Å². The van der Waals surface area contributed by atoms with Crippen LogP contribution in [0.4, 0.5) is 0 Å². The van der Waals surface area contributed by atoms with Gasteiger partial charge < -0.3 is 18.9 Å². The van der Waals surface area contributed by atoms with Gasteiger partial charge in [0.15, 0.2) is 0 Å². The fourth-order valence-corrected chi connectivity index (χ4v) is 3.38. The Bertz CT molecular complexity index is 728. The first-order chi connectivity index (χ1) is 13.7. The molecule has 6 nitrogen and oxygen atoms in total. The van der Waals surface area contributed by atoms with Gasteiger partial charge in [-0.2, -0.15) is 0 Å². The molecule has 1 aliphatic heterocycles. The molecule has 152 valence electrons. The van der Waals surface area contributed by atoms with Crippen LogP contribution in [0.25, 0.3) is 0 Å². The summed E-state index contributed by atoms with van der Waals surface area (Å²) >= 11 is 0. The highest BCUT2D eigenvalue weighted by Gasteiger charge is 2.18. The first-order valence-corrected chi connectivity index (χ1v) is 9.64. The minimum absolute atomic E-state index is 0.691. The van der Waals surface area contributed by atoms with Crippen LogP contribution in [0.15, 0.2) is 42.5 Å². The normalized spacial score (nSPS) is 15.2. The van der Waals surface area contributed by atoms with Crippen LogP contribution in [-0.4, -0.2) is 70.5 Å². The number of rotatable bonds is 9. The molecule has 0 spiro atoms. The first-order valence-electron chi connectivity index (χ1n) is 9.64. The maximum Gasteiger partial charge on any atom is 0.123 e. The predicted molar refractivity (Wildman–Crippen MR) is 110 cm³/mol. The Morgan fingerprint density at radius 3 is 1.96 bits per heavy atom. The number of hydrogen-bond acceptors (Lipinski definition) is 6. The van der Waals surface area contributed by atoms with E-state index < -0.39 is 0 Å². The lowest BCUT2D eigenvalue weighted by molar-refractivity contribution is 0.112. The SMILES string of the molecule is COc1ccc(OCCN2CCN(Cc3cc(OC)ccc3OC)CC2)cc1. The molecule has 0 radical (unpaired) electrons. The van der Waals surface area contributed by atoms with Crippen molar-refractivity contribution >= 4 is 0 Å². The molecule has 0 aliphatic carbocycles. The fraction of sp³-hybridized carbons (Fsp3) is 0.455. The Hall–Kier alpha value is -2.44. The van der Waals surface area contributed by atoms with E-state index in [0.29, 0.717) is 6.61 Å². The molecule has 0 bridgehead atoms. The zero-order valence-corrected chi connectivity index (χ0v) is 17.0. The molecular weight excluding hydrogens is 356 g/mol. The Labute approximate surface area is 167 Å². The van der Waals surface area contributed by atoms with E-state index in [9.17, 15) is 0 Å². The number of hydrogen-bond donors (Lipinski definition) is 0. The number of nitrogens with zero attached hydrogens (tertiary/aromatic N) is 2. The van der Waals surface area contributed by atoms with Gasteiger partial charge in [0.05, 0.1) is 21.3 Å². The largest absolute Gasteiger partial charge is 0.497 e. The Morgan fingerprint density at radius 1 is 0.714 bits per heavy atom. The van der Waals surface area contributed by atoms with Gasteiger partial charge in [0.25, 0.3) is 0 Å². The van der Waals surface area contributed by atoms with Gasteiger partial charge in [-0.05, 0) is 42.5 Å². The van der Waals surface area contributed by atoms with Crippen molar-refractivity contribution in [1.29, 1.82) is 0 Å². The lowest BCUT2D eigenvalue weighted by atomic mass is 10.1. The Kier molecular flexibility index (Phi) is 7.39. The van der Waals surface area contributed by atoms with Crippen LogP contribution in [0, 0.1) is 0 Å². The maximum absolute atomic E-state index is 5.85. The molecule has 0 saturated carbocycles. The molecule has 1 saturated heterocycles. The summed E-state index contributed by atoms with van der Waals surface area (Å²) in [5.74, 6) is 3.50. The molecule has 1 aliphatic rings. The predicted octanol–water partition coefficient (Wildman–Crippen LogP) is 2.91. The third-order valence-electron chi connectivity index (χ3n) is 5.08. The second kappa shape index (κ2) is 10.2. The van der Waals surface area contributed by atoms with E-state index >= 15 is 0 Å². The molecule has 0 amide bonds. The third kappa shape index (κ3) is 5.53. The van der Waals surface area contributed by atoms with E-state index in [0.717, 1.165) is 67.8 Å². The number of benzene rings is 2. The average Bonchev–Trinajstić information content (AvgIpc) is 2.75. The van der Waals surface area contributed by atoms with Crippen LogP contribution >= 0.6 is 0 Å². The van der Waals surface area contributed by atoms with Crippen molar-refractivity contribution in [2.45, 2.75) is 6.54 Å².